The largest absolute Gasteiger partial charge is 0.394 e. The Morgan fingerprint density at radius 2 is 2.16 bits per heavy atom. The lowest BCUT2D eigenvalue weighted by atomic mass is 9.90. The summed E-state index contributed by atoms with van der Waals surface area (Å²) in [6.07, 6.45) is -1.38. The van der Waals surface area contributed by atoms with Crippen LogP contribution in [0.25, 0.3) is 0 Å². The maximum atomic E-state index is 9.90. The number of hydrogen-bond donors (Lipinski definition) is 3. The van der Waals surface area contributed by atoms with Gasteiger partial charge >= 0.3 is 0 Å². The molecule has 4 nitrogen and oxygen atoms in total. The minimum atomic E-state index is -0.917. The molecule has 0 radical (unpaired) electrons. The fourth-order valence-corrected chi connectivity index (χ4v) is 2.60. The molecule has 3 atom stereocenters. The van der Waals surface area contributed by atoms with Gasteiger partial charge in [0.05, 0.1) is 29.4 Å². The Labute approximate surface area is 122 Å². The molecular weight excluding hydrogens is 289 g/mol. The number of hydrogen-bond acceptors (Lipinski definition) is 4. The molecule has 1 heterocycles. The molecule has 0 saturated carbocycles. The van der Waals surface area contributed by atoms with Gasteiger partial charge in [-0.05, 0) is 17.7 Å². The number of rotatable bonds is 3. The molecule has 1 aromatic rings. The topological polar surface area (TPSA) is 61.7 Å². The van der Waals surface area contributed by atoms with Gasteiger partial charge in [0.15, 0.2) is 0 Å². The van der Waals surface area contributed by atoms with E-state index in [4.69, 9.17) is 33.0 Å². The van der Waals surface area contributed by atoms with Crippen molar-refractivity contribution < 1.29 is 14.9 Å². The van der Waals surface area contributed by atoms with Crippen LogP contribution in [0.1, 0.15) is 11.5 Å². The quantitative estimate of drug-likeness (QED) is 0.790. The number of ether oxygens (including phenoxy) is 1. The van der Waals surface area contributed by atoms with Crippen molar-refractivity contribution in [3.05, 3.63) is 33.8 Å². The maximum Gasteiger partial charge on any atom is 0.104 e. The molecule has 1 aliphatic rings. The summed E-state index contributed by atoms with van der Waals surface area (Å²) in [5, 5.41) is 23.3. The predicted octanol–water partition coefficient (Wildman–Crippen LogP) is 1.42. The number of benzene rings is 1. The Hall–Kier alpha value is -0.360. The van der Waals surface area contributed by atoms with Crippen LogP contribution in [0, 0.1) is 0 Å². The highest BCUT2D eigenvalue weighted by Crippen LogP contribution is 2.30. The van der Waals surface area contributed by atoms with E-state index in [1.165, 1.54) is 0 Å². The average molecular weight is 306 g/mol. The zero-order valence-corrected chi connectivity index (χ0v) is 11.9. The first kappa shape index (κ1) is 15.0. The molecule has 0 unspecified atom stereocenters. The first-order chi connectivity index (χ1) is 9.13. The Kier molecular flexibility index (Phi) is 5.45. The Balaban J connectivity index is 2.28. The molecule has 0 aromatic heterocycles. The van der Waals surface area contributed by atoms with Crippen LogP contribution in [0.4, 0.5) is 0 Å². The molecule has 0 spiro atoms. The zero-order valence-electron chi connectivity index (χ0n) is 10.4. The Morgan fingerprint density at radius 3 is 2.84 bits per heavy atom. The van der Waals surface area contributed by atoms with Crippen molar-refractivity contribution in [2.75, 3.05) is 26.3 Å². The van der Waals surface area contributed by atoms with E-state index in [0.29, 0.717) is 29.7 Å². The molecule has 0 aliphatic carbocycles. The minimum Gasteiger partial charge on any atom is -0.394 e. The summed E-state index contributed by atoms with van der Waals surface area (Å²) in [6, 6.07) is 5.38. The van der Waals surface area contributed by atoms with Crippen LogP contribution in [0.15, 0.2) is 18.2 Å². The molecular formula is C13H17Cl2NO3. The number of aliphatic hydroxyl groups is 2. The van der Waals surface area contributed by atoms with Crippen molar-refractivity contribution in [2.24, 2.45) is 0 Å². The van der Waals surface area contributed by atoms with Crippen LogP contribution >= 0.6 is 23.2 Å². The third-order valence-corrected chi connectivity index (χ3v) is 4.03. The Morgan fingerprint density at radius 1 is 1.37 bits per heavy atom. The van der Waals surface area contributed by atoms with Crippen molar-refractivity contribution in [3.63, 3.8) is 0 Å². The molecule has 6 heteroatoms. The fraction of sp³-hybridized carbons (Fsp3) is 0.538. The summed E-state index contributed by atoms with van der Waals surface area (Å²) in [4.78, 5) is 0. The van der Waals surface area contributed by atoms with Crippen molar-refractivity contribution in [1.82, 2.24) is 5.32 Å². The highest BCUT2D eigenvalue weighted by Gasteiger charge is 2.31. The summed E-state index contributed by atoms with van der Waals surface area (Å²) < 4.78 is 5.64. The van der Waals surface area contributed by atoms with Gasteiger partial charge in [-0.3, -0.25) is 0 Å². The van der Waals surface area contributed by atoms with Gasteiger partial charge in [0.2, 0.25) is 0 Å². The van der Waals surface area contributed by atoms with Gasteiger partial charge < -0.3 is 20.3 Å². The standard InChI is InChI=1S/C13H17Cl2NO3/c14-10-2-1-8(5-11(10)15)9-6-16-3-4-19-13(9)12(18)7-17/h1-2,5,9,12-13,16-18H,3-4,6-7H2/t9-,12-,13+/m1/s1. The van der Waals surface area contributed by atoms with Crippen LogP contribution in [-0.2, 0) is 4.74 Å². The van der Waals surface area contributed by atoms with Gasteiger partial charge in [-0.1, -0.05) is 29.3 Å². The number of aliphatic hydroxyl groups excluding tert-OH is 2. The lowest BCUT2D eigenvalue weighted by Gasteiger charge is -2.28. The van der Waals surface area contributed by atoms with E-state index >= 15 is 0 Å². The van der Waals surface area contributed by atoms with Gasteiger partial charge in [-0.2, -0.15) is 0 Å². The molecule has 0 bridgehead atoms. The highest BCUT2D eigenvalue weighted by atomic mass is 35.5. The third-order valence-electron chi connectivity index (χ3n) is 3.29. The Bertz CT molecular complexity index is 430. The monoisotopic (exact) mass is 305 g/mol. The molecule has 1 saturated heterocycles. The lowest BCUT2D eigenvalue weighted by molar-refractivity contribution is -0.0609. The molecule has 3 N–H and O–H groups in total. The van der Waals surface area contributed by atoms with Gasteiger partial charge in [0, 0.05) is 19.0 Å². The molecule has 106 valence electrons. The molecule has 0 amide bonds. The summed E-state index contributed by atoms with van der Waals surface area (Å²) in [5.74, 6) is -0.0839. The number of nitrogens with one attached hydrogen (secondary N) is 1. The van der Waals surface area contributed by atoms with E-state index in [2.05, 4.69) is 5.32 Å². The van der Waals surface area contributed by atoms with E-state index in [9.17, 15) is 5.11 Å². The highest BCUT2D eigenvalue weighted by molar-refractivity contribution is 6.42. The fourth-order valence-electron chi connectivity index (χ4n) is 2.29. The molecule has 19 heavy (non-hydrogen) atoms. The van der Waals surface area contributed by atoms with Crippen LogP contribution in [-0.4, -0.2) is 48.7 Å². The first-order valence-electron chi connectivity index (χ1n) is 6.19. The summed E-state index contributed by atoms with van der Waals surface area (Å²) in [7, 11) is 0. The predicted molar refractivity (Wildman–Crippen MR) is 74.9 cm³/mol. The molecule has 1 aromatic carbocycles. The van der Waals surface area contributed by atoms with E-state index in [0.717, 1.165) is 5.56 Å². The molecule has 2 rings (SSSR count). The summed E-state index contributed by atoms with van der Waals surface area (Å²) in [5.41, 5.74) is 0.932. The first-order valence-corrected chi connectivity index (χ1v) is 6.95. The third kappa shape index (κ3) is 3.60. The van der Waals surface area contributed by atoms with Gasteiger partial charge in [0.1, 0.15) is 6.10 Å². The second-order valence-corrected chi connectivity index (χ2v) is 5.38. The van der Waals surface area contributed by atoms with Crippen LogP contribution in [0.5, 0.6) is 0 Å². The zero-order chi connectivity index (χ0) is 13.8. The van der Waals surface area contributed by atoms with Crippen molar-refractivity contribution in [1.29, 1.82) is 0 Å². The second-order valence-electron chi connectivity index (χ2n) is 4.57. The summed E-state index contributed by atoms with van der Waals surface area (Å²) >= 11 is 11.9. The van der Waals surface area contributed by atoms with Crippen LogP contribution in [0.2, 0.25) is 10.0 Å². The van der Waals surface area contributed by atoms with E-state index in [1.807, 2.05) is 6.07 Å². The number of halogens is 2. The van der Waals surface area contributed by atoms with Gasteiger partial charge in [0.25, 0.3) is 0 Å². The normalized spacial score (nSPS) is 25.9. The smallest absolute Gasteiger partial charge is 0.104 e. The van der Waals surface area contributed by atoms with Crippen LogP contribution in [0.3, 0.4) is 0 Å². The van der Waals surface area contributed by atoms with Gasteiger partial charge in [-0.15, -0.1) is 0 Å². The maximum absolute atomic E-state index is 9.90. The summed E-state index contributed by atoms with van der Waals surface area (Å²) in [6.45, 7) is 1.54. The lowest BCUT2D eigenvalue weighted by Crippen LogP contribution is -2.38. The second kappa shape index (κ2) is 6.88. The van der Waals surface area contributed by atoms with Gasteiger partial charge in [-0.25, -0.2) is 0 Å². The SMILES string of the molecule is OC[C@@H](O)[C@H]1OCCNC[C@@H]1c1ccc(Cl)c(Cl)c1. The van der Waals surface area contributed by atoms with Crippen molar-refractivity contribution in [2.45, 2.75) is 18.1 Å². The van der Waals surface area contributed by atoms with Crippen molar-refractivity contribution >= 4 is 23.2 Å². The van der Waals surface area contributed by atoms with Crippen molar-refractivity contribution in [3.8, 4) is 0 Å². The minimum absolute atomic E-state index is 0.0839. The van der Waals surface area contributed by atoms with E-state index < -0.39 is 12.2 Å². The van der Waals surface area contributed by atoms with E-state index in [1.54, 1.807) is 12.1 Å². The van der Waals surface area contributed by atoms with Crippen LogP contribution < -0.4 is 5.32 Å². The molecule has 1 fully saturated rings. The average Bonchev–Trinajstić information content (AvgIpc) is 2.66. The molecule has 1 aliphatic heterocycles. The van der Waals surface area contributed by atoms with E-state index in [-0.39, 0.29) is 12.5 Å².